The number of nitrogens with one attached hydrogen (secondary N) is 1. The number of nitrogens with two attached hydrogens (primary N) is 1. The smallest absolute Gasteiger partial charge is 0.266 e. The number of nitriles is 2. The summed E-state index contributed by atoms with van der Waals surface area (Å²) >= 11 is 12.8. The van der Waals surface area contributed by atoms with E-state index in [1.807, 2.05) is 12.1 Å². The van der Waals surface area contributed by atoms with Gasteiger partial charge in [0, 0.05) is 15.7 Å². The number of pyridine rings is 1. The molecule has 0 aliphatic rings. The van der Waals surface area contributed by atoms with Crippen molar-refractivity contribution in [2.45, 2.75) is 17.2 Å². The van der Waals surface area contributed by atoms with Gasteiger partial charge in [0.05, 0.1) is 21.6 Å². The molecule has 1 amide bonds. The van der Waals surface area contributed by atoms with E-state index in [4.69, 9.17) is 28.9 Å². The van der Waals surface area contributed by atoms with E-state index in [9.17, 15) is 20.4 Å². The van der Waals surface area contributed by atoms with Crippen LogP contribution >= 0.6 is 35.0 Å². The van der Waals surface area contributed by atoms with Gasteiger partial charge in [0.2, 0.25) is 5.91 Å². The number of thioether (sulfide) groups is 1. The lowest BCUT2D eigenvalue weighted by Gasteiger charge is -2.15. The van der Waals surface area contributed by atoms with E-state index in [1.54, 1.807) is 6.92 Å². The lowest BCUT2D eigenvalue weighted by atomic mass is 10.0. The van der Waals surface area contributed by atoms with Gasteiger partial charge in [-0.3, -0.25) is 4.79 Å². The third-order valence-electron chi connectivity index (χ3n) is 4.20. The van der Waals surface area contributed by atoms with Gasteiger partial charge in [-0.15, -0.1) is 0 Å². The summed E-state index contributed by atoms with van der Waals surface area (Å²) in [5, 5.41) is 37.7. The van der Waals surface area contributed by atoms with Gasteiger partial charge in [0.25, 0.3) is 5.69 Å². The number of nitrogen functional groups attached to an aromatic ring is 1. The Morgan fingerprint density at radius 3 is 2.44 bits per heavy atom. The standard InChI is InChI=1S/C19H13Cl2N7O3S/c1-8(17(29)25-11-4-9(20)3-10(21)5-11)32-18-13(7-23)14(12(6-22)16(24)26-18)15-19(30)31-27-28(15)2/h3-5,8H,1-2H3,(H3-,24,25,26,27,29,30). The third kappa shape index (κ3) is 4.55. The number of benzene rings is 1. The Hall–Kier alpha value is -3.51. The topological polar surface area (TPSA) is 169 Å². The number of aryl methyl sites for hydroxylation is 1. The summed E-state index contributed by atoms with van der Waals surface area (Å²) < 4.78 is 5.71. The highest BCUT2D eigenvalue weighted by molar-refractivity contribution is 8.00. The zero-order chi connectivity index (χ0) is 23.6. The Bertz CT molecular complexity index is 1270. The molecule has 13 heteroatoms. The molecule has 2 aromatic heterocycles. The maximum Gasteiger partial charge on any atom is 0.266 e. The zero-order valence-corrected chi connectivity index (χ0v) is 18.8. The molecule has 32 heavy (non-hydrogen) atoms. The van der Waals surface area contributed by atoms with Crippen molar-refractivity contribution in [2.75, 3.05) is 11.1 Å². The predicted octanol–water partition coefficient (Wildman–Crippen LogP) is 2.39. The van der Waals surface area contributed by atoms with E-state index in [2.05, 4.69) is 20.1 Å². The summed E-state index contributed by atoms with van der Waals surface area (Å²) in [7, 11) is 1.41. The maximum absolute atomic E-state index is 12.7. The number of hydrogen-bond donors (Lipinski definition) is 2. The molecular weight excluding hydrogens is 477 g/mol. The molecule has 0 radical (unpaired) electrons. The molecule has 0 saturated carbocycles. The van der Waals surface area contributed by atoms with Crippen LogP contribution < -0.4 is 20.8 Å². The minimum Gasteiger partial charge on any atom is -0.539 e. The van der Waals surface area contributed by atoms with E-state index in [1.165, 1.54) is 25.2 Å². The van der Waals surface area contributed by atoms with Crippen molar-refractivity contribution in [3.8, 4) is 29.3 Å². The highest BCUT2D eigenvalue weighted by Gasteiger charge is 2.30. The fraction of sp³-hybridized carbons (Fsp3) is 0.158. The number of amides is 1. The molecule has 162 valence electrons. The lowest BCUT2D eigenvalue weighted by molar-refractivity contribution is -0.730. The van der Waals surface area contributed by atoms with Gasteiger partial charge < -0.3 is 20.7 Å². The maximum atomic E-state index is 12.7. The van der Waals surface area contributed by atoms with Crippen LogP contribution in [-0.2, 0) is 11.8 Å². The summed E-state index contributed by atoms with van der Waals surface area (Å²) in [5.74, 6) is -1.49. The Balaban J connectivity index is 2.00. The molecule has 1 atom stereocenters. The molecular formula is C19H13Cl2N7O3S. The van der Waals surface area contributed by atoms with Crippen LogP contribution in [0.3, 0.4) is 0 Å². The fourth-order valence-electron chi connectivity index (χ4n) is 2.79. The Morgan fingerprint density at radius 1 is 1.28 bits per heavy atom. The van der Waals surface area contributed by atoms with Crippen LogP contribution in [0.15, 0.2) is 27.7 Å². The Kier molecular flexibility index (Phi) is 6.75. The largest absolute Gasteiger partial charge is 0.539 e. The zero-order valence-electron chi connectivity index (χ0n) is 16.5. The first-order chi connectivity index (χ1) is 15.2. The summed E-state index contributed by atoms with van der Waals surface area (Å²) in [6.07, 6.45) is 0. The summed E-state index contributed by atoms with van der Waals surface area (Å²) in [5.41, 5.74) is 5.83. The summed E-state index contributed by atoms with van der Waals surface area (Å²) in [4.78, 5) is 16.8. The highest BCUT2D eigenvalue weighted by atomic mass is 35.5. The number of carbonyl (C=O) groups excluding carboxylic acids is 1. The summed E-state index contributed by atoms with van der Waals surface area (Å²) in [6.45, 7) is 1.58. The van der Waals surface area contributed by atoms with Crippen LogP contribution in [0, 0.1) is 22.7 Å². The molecule has 1 aromatic carbocycles. The van der Waals surface area contributed by atoms with E-state index >= 15 is 0 Å². The van der Waals surface area contributed by atoms with E-state index in [0.29, 0.717) is 15.7 Å². The second-order valence-electron chi connectivity index (χ2n) is 6.39. The van der Waals surface area contributed by atoms with Crippen molar-refractivity contribution in [1.29, 1.82) is 10.5 Å². The molecule has 0 bridgehead atoms. The van der Waals surface area contributed by atoms with Gasteiger partial charge in [-0.25, -0.2) is 4.98 Å². The first kappa shape index (κ1) is 23.2. The first-order valence-corrected chi connectivity index (χ1v) is 10.4. The molecule has 1 unspecified atom stereocenters. The molecule has 0 spiro atoms. The minimum atomic E-state index is -0.856. The van der Waals surface area contributed by atoms with Crippen LogP contribution in [0.5, 0.6) is 5.95 Å². The Morgan fingerprint density at radius 2 is 1.91 bits per heavy atom. The molecule has 0 aliphatic carbocycles. The lowest BCUT2D eigenvalue weighted by Crippen LogP contribution is -2.32. The van der Waals surface area contributed by atoms with E-state index < -0.39 is 17.1 Å². The first-order valence-electron chi connectivity index (χ1n) is 8.76. The van der Waals surface area contributed by atoms with Gasteiger partial charge in [-0.05, 0) is 25.1 Å². The SMILES string of the molecule is CC(Sc1nc(N)c(C#N)c(-c2c([O-])on[n+]2C)c1C#N)C(=O)Nc1cc(Cl)cc(Cl)c1. The van der Waals surface area contributed by atoms with E-state index in [-0.39, 0.29) is 33.2 Å². The number of carbonyl (C=O) groups is 1. The van der Waals surface area contributed by atoms with Crippen LogP contribution in [0.2, 0.25) is 10.0 Å². The molecule has 0 saturated heterocycles. The number of hydrogen-bond acceptors (Lipinski definition) is 9. The molecule has 0 aliphatic heterocycles. The number of nitrogens with zero attached hydrogens (tertiary/aromatic N) is 5. The normalized spacial score (nSPS) is 11.4. The quantitative estimate of drug-likeness (QED) is 0.403. The van der Waals surface area contributed by atoms with Crippen molar-refractivity contribution in [2.24, 2.45) is 7.05 Å². The fourth-order valence-corrected chi connectivity index (χ4v) is 4.23. The predicted molar refractivity (Wildman–Crippen MR) is 115 cm³/mol. The van der Waals surface area contributed by atoms with Gasteiger partial charge in [0.15, 0.2) is 13.0 Å². The van der Waals surface area contributed by atoms with Crippen molar-refractivity contribution in [1.82, 2.24) is 10.3 Å². The van der Waals surface area contributed by atoms with Gasteiger partial charge in [-0.2, -0.15) is 10.5 Å². The molecule has 2 heterocycles. The minimum absolute atomic E-state index is 0.0615. The van der Waals surface area contributed by atoms with Crippen LogP contribution in [0.1, 0.15) is 18.1 Å². The molecule has 10 nitrogen and oxygen atoms in total. The Labute approximate surface area is 196 Å². The number of aromatic nitrogens is 3. The van der Waals surface area contributed by atoms with Crippen molar-refractivity contribution >= 4 is 52.4 Å². The van der Waals surface area contributed by atoms with Crippen molar-refractivity contribution in [3.05, 3.63) is 39.4 Å². The van der Waals surface area contributed by atoms with Gasteiger partial charge in [0.1, 0.15) is 28.5 Å². The second kappa shape index (κ2) is 9.32. The molecule has 3 N–H and O–H groups in total. The highest BCUT2D eigenvalue weighted by Crippen LogP contribution is 2.38. The van der Waals surface area contributed by atoms with Gasteiger partial charge in [-0.1, -0.05) is 39.6 Å². The number of rotatable bonds is 5. The molecule has 3 rings (SSSR count). The average Bonchev–Trinajstić information content (AvgIpc) is 3.04. The van der Waals surface area contributed by atoms with E-state index in [0.717, 1.165) is 16.4 Å². The van der Waals surface area contributed by atoms with Crippen molar-refractivity contribution < 1.29 is 19.1 Å². The third-order valence-corrected chi connectivity index (χ3v) is 5.73. The van der Waals surface area contributed by atoms with Crippen LogP contribution in [0.25, 0.3) is 11.3 Å². The molecule has 0 fully saturated rings. The number of anilines is 2. The second-order valence-corrected chi connectivity index (χ2v) is 8.59. The van der Waals surface area contributed by atoms with Crippen LogP contribution in [0.4, 0.5) is 11.5 Å². The average molecular weight is 490 g/mol. The number of halogens is 2. The van der Waals surface area contributed by atoms with Gasteiger partial charge >= 0.3 is 0 Å². The van der Waals surface area contributed by atoms with Crippen LogP contribution in [-0.4, -0.2) is 21.4 Å². The molecule has 3 aromatic rings. The summed E-state index contributed by atoms with van der Waals surface area (Å²) in [6, 6.07) is 8.38. The van der Waals surface area contributed by atoms with Crippen molar-refractivity contribution in [3.63, 3.8) is 0 Å². The monoisotopic (exact) mass is 489 g/mol.